The molecule has 1 heterocycles. The minimum atomic E-state index is -0.115. The van der Waals surface area contributed by atoms with Crippen LogP contribution in [0.1, 0.15) is 38.6 Å². The lowest BCUT2D eigenvalue weighted by molar-refractivity contribution is -0.0398. The second-order valence-corrected chi connectivity index (χ2v) is 3.89. The predicted octanol–water partition coefficient (Wildman–Crippen LogP) is 1.84. The number of hydrogen-bond acceptors (Lipinski definition) is 4. The molecular formula is C10H18N2O2. The largest absolute Gasteiger partial charge is 0.368 e. The molecule has 4 heteroatoms. The van der Waals surface area contributed by atoms with Crippen LogP contribution in [-0.2, 0) is 17.9 Å². The van der Waals surface area contributed by atoms with Crippen molar-refractivity contribution in [1.29, 1.82) is 0 Å². The van der Waals surface area contributed by atoms with Crippen molar-refractivity contribution in [2.45, 2.75) is 45.9 Å². The lowest BCUT2D eigenvalue weighted by atomic mass is 10.1. The molecule has 1 aromatic rings. The van der Waals surface area contributed by atoms with Crippen LogP contribution in [0.5, 0.6) is 0 Å². The lowest BCUT2D eigenvalue weighted by Gasteiger charge is -2.22. The molecule has 0 aromatic carbocycles. The maximum absolute atomic E-state index is 5.65. The molecule has 2 N–H and O–H groups in total. The van der Waals surface area contributed by atoms with Gasteiger partial charge in [0.1, 0.15) is 6.61 Å². The molecule has 0 aliphatic rings. The Morgan fingerprint density at radius 2 is 2.29 bits per heavy atom. The number of nitrogens with two attached hydrogens (primary N) is 1. The molecule has 0 radical (unpaired) electrons. The average Bonchev–Trinajstić information content (AvgIpc) is 2.63. The first-order valence-electron chi connectivity index (χ1n) is 4.86. The summed E-state index contributed by atoms with van der Waals surface area (Å²) in [6.45, 7) is 7.04. The second kappa shape index (κ2) is 4.57. The van der Waals surface area contributed by atoms with Gasteiger partial charge in [-0.3, -0.25) is 0 Å². The summed E-state index contributed by atoms with van der Waals surface area (Å²) in [7, 11) is 0. The zero-order chi connectivity index (χ0) is 10.6. The van der Waals surface area contributed by atoms with E-state index in [0.29, 0.717) is 13.2 Å². The highest BCUT2D eigenvalue weighted by Gasteiger charge is 2.16. The minimum absolute atomic E-state index is 0.115. The molecule has 0 saturated carbocycles. The van der Waals surface area contributed by atoms with Crippen molar-refractivity contribution in [1.82, 2.24) is 5.16 Å². The van der Waals surface area contributed by atoms with Gasteiger partial charge in [-0.2, -0.15) is 0 Å². The molecule has 0 saturated heterocycles. The third kappa shape index (κ3) is 3.12. The Morgan fingerprint density at radius 3 is 2.79 bits per heavy atom. The Labute approximate surface area is 84.4 Å². The molecule has 0 fully saturated rings. The summed E-state index contributed by atoms with van der Waals surface area (Å²) < 4.78 is 10.7. The van der Waals surface area contributed by atoms with Crippen molar-refractivity contribution >= 4 is 0 Å². The molecule has 80 valence electrons. The minimum Gasteiger partial charge on any atom is -0.368 e. The van der Waals surface area contributed by atoms with Gasteiger partial charge in [0, 0.05) is 12.6 Å². The van der Waals surface area contributed by atoms with Crippen molar-refractivity contribution in [3.8, 4) is 0 Å². The van der Waals surface area contributed by atoms with Crippen LogP contribution in [0, 0.1) is 0 Å². The second-order valence-electron chi connectivity index (χ2n) is 3.89. The van der Waals surface area contributed by atoms with Crippen LogP contribution in [0.4, 0.5) is 0 Å². The van der Waals surface area contributed by atoms with Gasteiger partial charge in [-0.15, -0.1) is 0 Å². The first-order chi connectivity index (χ1) is 6.57. The molecule has 1 aromatic heterocycles. The molecule has 0 aliphatic heterocycles. The van der Waals surface area contributed by atoms with Gasteiger partial charge >= 0.3 is 0 Å². The van der Waals surface area contributed by atoms with Gasteiger partial charge in [-0.25, -0.2) is 0 Å². The van der Waals surface area contributed by atoms with Gasteiger partial charge in [-0.05, 0) is 20.3 Å². The number of rotatable bonds is 5. The molecular weight excluding hydrogens is 180 g/mol. The highest BCUT2D eigenvalue weighted by Crippen LogP contribution is 2.16. The molecule has 0 unspecified atom stereocenters. The summed E-state index contributed by atoms with van der Waals surface area (Å²) in [5.74, 6) is 0.729. The Kier molecular flexibility index (Phi) is 3.66. The number of nitrogens with zero attached hydrogens (tertiary/aromatic N) is 1. The fraction of sp³-hybridized carbons (Fsp3) is 0.700. The third-order valence-electron chi connectivity index (χ3n) is 2.27. The molecule has 0 amide bonds. The number of aromatic nitrogens is 1. The normalized spacial score (nSPS) is 12.0. The predicted molar refractivity (Wildman–Crippen MR) is 53.6 cm³/mol. The van der Waals surface area contributed by atoms with E-state index in [0.717, 1.165) is 17.9 Å². The van der Waals surface area contributed by atoms with E-state index in [-0.39, 0.29) is 5.60 Å². The van der Waals surface area contributed by atoms with Gasteiger partial charge in [-0.1, -0.05) is 12.1 Å². The van der Waals surface area contributed by atoms with E-state index in [4.69, 9.17) is 15.0 Å². The molecule has 4 nitrogen and oxygen atoms in total. The highest BCUT2D eigenvalue weighted by molar-refractivity contribution is 5.03. The maximum atomic E-state index is 5.65. The molecule has 0 aliphatic carbocycles. The quantitative estimate of drug-likeness (QED) is 0.784. The number of hydrogen-bond donors (Lipinski definition) is 1. The van der Waals surface area contributed by atoms with E-state index in [9.17, 15) is 0 Å². The fourth-order valence-corrected chi connectivity index (χ4v) is 0.889. The lowest BCUT2D eigenvalue weighted by Crippen LogP contribution is -2.22. The maximum Gasteiger partial charge on any atom is 0.162 e. The Hall–Kier alpha value is -0.870. The summed E-state index contributed by atoms with van der Waals surface area (Å²) in [5.41, 5.74) is 6.05. The van der Waals surface area contributed by atoms with Crippen LogP contribution in [0.25, 0.3) is 0 Å². The summed E-state index contributed by atoms with van der Waals surface area (Å²) >= 11 is 0. The Bertz CT molecular complexity index is 281. The van der Waals surface area contributed by atoms with E-state index in [1.54, 1.807) is 0 Å². The van der Waals surface area contributed by atoms with E-state index < -0.39 is 0 Å². The summed E-state index contributed by atoms with van der Waals surface area (Å²) in [4.78, 5) is 0. The monoisotopic (exact) mass is 198 g/mol. The van der Waals surface area contributed by atoms with Crippen molar-refractivity contribution < 1.29 is 9.26 Å². The summed E-state index contributed by atoms with van der Waals surface area (Å²) in [6, 6.07) is 1.83. The SMILES string of the molecule is CCC(C)(C)OCc1cc(CN)no1. The topological polar surface area (TPSA) is 61.3 Å². The molecule has 0 bridgehead atoms. The smallest absolute Gasteiger partial charge is 0.162 e. The van der Waals surface area contributed by atoms with E-state index in [1.165, 1.54) is 0 Å². The Morgan fingerprint density at radius 1 is 1.57 bits per heavy atom. The zero-order valence-electron chi connectivity index (χ0n) is 9.04. The van der Waals surface area contributed by atoms with Gasteiger partial charge in [0.25, 0.3) is 0 Å². The first kappa shape index (κ1) is 11.2. The van der Waals surface area contributed by atoms with Crippen LogP contribution in [0.3, 0.4) is 0 Å². The number of ether oxygens (including phenoxy) is 1. The molecule has 1 rings (SSSR count). The molecule has 0 atom stereocenters. The van der Waals surface area contributed by atoms with Crippen LogP contribution in [0.2, 0.25) is 0 Å². The van der Waals surface area contributed by atoms with Crippen molar-refractivity contribution in [3.63, 3.8) is 0 Å². The first-order valence-corrected chi connectivity index (χ1v) is 4.86. The van der Waals surface area contributed by atoms with E-state index in [1.807, 2.05) is 19.9 Å². The van der Waals surface area contributed by atoms with Crippen LogP contribution in [0.15, 0.2) is 10.6 Å². The third-order valence-corrected chi connectivity index (χ3v) is 2.27. The van der Waals surface area contributed by atoms with Crippen molar-refractivity contribution in [2.24, 2.45) is 5.73 Å². The summed E-state index contributed by atoms with van der Waals surface area (Å²) in [5, 5.41) is 3.78. The van der Waals surface area contributed by atoms with Crippen LogP contribution < -0.4 is 5.73 Å². The molecule has 14 heavy (non-hydrogen) atoms. The van der Waals surface area contributed by atoms with Gasteiger partial charge in [0.2, 0.25) is 0 Å². The fourth-order valence-electron chi connectivity index (χ4n) is 0.889. The van der Waals surface area contributed by atoms with Crippen LogP contribution >= 0.6 is 0 Å². The van der Waals surface area contributed by atoms with Gasteiger partial charge < -0.3 is 15.0 Å². The van der Waals surface area contributed by atoms with Crippen molar-refractivity contribution in [2.75, 3.05) is 0 Å². The van der Waals surface area contributed by atoms with E-state index >= 15 is 0 Å². The standard InChI is InChI=1S/C10H18N2O2/c1-4-10(2,3)13-7-9-5-8(6-11)12-14-9/h5H,4,6-7,11H2,1-3H3. The van der Waals surface area contributed by atoms with Gasteiger partial charge in [0.15, 0.2) is 5.76 Å². The zero-order valence-corrected chi connectivity index (χ0v) is 9.04. The summed E-state index contributed by atoms with van der Waals surface area (Å²) in [6.07, 6.45) is 0.963. The average molecular weight is 198 g/mol. The molecule has 0 spiro atoms. The highest BCUT2D eigenvalue weighted by atomic mass is 16.5. The van der Waals surface area contributed by atoms with E-state index in [2.05, 4.69) is 12.1 Å². The Balaban J connectivity index is 2.45. The van der Waals surface area contributed by atoms with Gasteiger partial charge in [0.05, 0.1) is 11.3 Å². The van der Waals surface area contributed by atoms with Crippen molar-refractivity contribution in [3.05, 3.63) is 17.5 Å². The van der Waals surface area contributed by atoms with Crippen LogP contribution in [-0.4, -0.2) is 10.8 Å².